The van der Waals surface area contributed by atoms with Crippen molar-refractivity contribution in [3.05, 3.63) is 100 Å². The molecule has 2 unspecified atom stereocenters. The third kappa shape index (κ3) is 4.84. The number of amides is 1. The summed E-state index contributed by atoms with van der Waals surface area (Å²) < 4.78 is 0. The number of carbonyl (C=O) groups excluding carboxylic acids is 1. The van der Waals surface area contributed by atoms with Crippen LogP contribution in [0.4, 0.5) is 0 Å². The second-order valence-corrected chi connectivity index (χ2v) is 11.6. The molecule has 3 nitrogen and oxygen atoms in total. The molecule has 2 aliphatic rings. The van der Waals surface area contributed by atoms with Gasteiger partial charge in [0.1, 0.15) is 0 Å². The Balaban J connectivity index is 1.17. The standard InChI is InChI=1S/C31H32N2OS2/c34-31(29-10-4-6-23-5-1-2-9-28(23)29)33-19-26(30(20-33)25-13-16-36-21-25)18-32-14-11-22(12-15-32)24-7-3-8-27(35)17-24/h1-10,13,16-17,21-22,26,30,35H,11-12,14-15,18-20H2. The van der Waals surface area contributed by atoms with Crippen LogP contribution in [0.3, 0.4) is 0 Å². The van der Waals surface area contributed by atoms with Gasteiger partial charge in [-0.1, -0.05) is 48.5 Å². The van der Waals surface area contributed by atoms with Crippen LogP contribution >= 0.6 is 24.0 Å². The summed E-state index contributed by atoms with van der Waals surface area (Å²) in [6, 6.07) is 25.2. The van der Waals surface area contributed by atoms with Gasteiger partial charge in [-0.05, 0) is 94.7 Å². The van der Waals surface area contributed by atoms with Crippen molar-refractivity contribution in [3.63, 3.8) is 0 Å². The lowest BCUT2D eigenvalue weighted by molar-refractivity contribution is 0.0783. The summed E-state index contributed by atoms with van der Waals surface area (Å²) in [4.78, 5) is 19.5. The zero-order valence-corrected chi connectivity index (χ0v) is 22.1. The molecule has 1 amide bonds. The third-order valence-electron chi connectivity index (χ3n) is 8.14. The molecule has 0 N–H and O–H groups in total. The number of nitrogens with zero attached hydrogens (tertiary/aromatic N) is 2. The zero-order valence-electron chi connectivity index (χ0n) is 20.4. The Morgan fingerprint density at radius 2 is 1.72 bits per heavy atom. The Labute approximate surface area is 223 Å². The highest BCUT2D eigenvalue weighted by atomic mass is 32.1. The Morgan fingerprint density at radius 1 is 0.917 bits per heavy atom. The molecule has 184 valence electrons. The maximum absolute atomic E-state index is 13.7. The van der Waals surface area contributed by atoms with Crippen molar-refractivity contribution < 1.29 is 4.79 Å². The van der Waals surface area contributed by atoms with Gasteiger partial charge in [-0.3, -0.25) is 4.79 Å². The van der Waals surface area contributed by atoms with Crippen LogP contribution in [-0.4, -0.2) is 48.4 Å². The molecule has 36 heavy (non-hydrogen) atoms. The summed E-state index contributed by atoms with van der Waals surface area (Å²) in [6.45, 7) is 4.91. The molecule has 0 bridgehead atoms. The van der Waals surface area contributed by atoms with Crippen LogP contribution < -0.4 is 0 Å². The SMILES string of the molecule is O=C(c1cccc2ccccc12)N1CC(CN2CCC(c3cccc(S)c3)CC2)C(c2ccsc2)C1. The molecule has 3 heterocycles. The first-order valence-electron chi connectivity index (χ1n) is 13.0. The van der Waals surface area contributed by atoms with Crippen molar-refractivity contribution in [3.8, 4) is 0 Å². The fourth-order valence-corrected chi connectivity index (χ4v) is 7.19. The zero-order chi connectivity index (χ0) is 24.5. The number of likely N-dealkylation sites (tertiary alicyclic amines) is 2. The van der Waals surface area contributed by atoms with Gasteiger partial charge < -0.3 is 9.80 Å². The monoisotopic (exact) mass is 512 g/mol. The maximum Gasteiger partial charge on any atom is 0.254 e. The number of carbonyl (C=O) groups is 1. The lowest BCUT2D eigenvalue weighted by Gasteiger charge is -2.34. The number of benzene rings is 3. The number of thiol groups is 1. The van der Waals surface area contributed by atoms with E-state index in [9.17, 15) is 4.79 Å². The van der Waals surface area contributed by atoms with Crippen LogP contribution in [0.2, 0.25) is 0 Å². The summed E-state index contributed by atoms with van der Waals surface area (Å²) in [7, 11) is 0. The molecule has 3 aromatic carbocycles. The number of hydrogen-bond donors (Lipinski definition) is 1. The predicted octanol–water partition coefficient (Wildman–Crippen LogP) is 6.93. The molecule has 5 heteroatoms. The van der Waals surface area contributed by atoms with Crippen molar-refractivity contribution in [2.45, 2.75) is 29.6 Å². The Bertz CT molecular complexity index is 1340. The highest BCUT2D eigenvalue weighted by Crippen LogP contribution is 2.37. The van der Waals surface area contributed by atoms with Gasteiger partial charge in [0.15, 0.2) is 0 Å². The summed E-state index contributed by atoms with van der Waals surface area (Å²) in [5.74, 6) is 1.64. The summed E-state index contributed by atoms with van der Waals surface area (Å²) >= 11 is 6.30. The van der Waals surface area contributed by atoms with Gasteiger partial charge >= 0.3 is 0 Å². The summed E-state index contributed by atoms with van der Waals surface area (Å²) in [5, 5.41) is 6.62. The van der Waals surface area contributed by atoms with Gasteiger partial charge in [0, 0.05) is 36.0 Å². The highest BCUT2D eigenvalue weighted by Gasteiger charge is 2.38. The third-order valence-corrected chi connectivity index (χ3v) is 9.12. The van der Waals surface area contributed by atoms with Crippen molar-refractivity contribution in [1.82, 2.24) is 9.80 Å². The average molecular weight is 513 g/mol. The molecule has 4 aromatic rings. The molecule has 1 aromatic heterocycles. The van der Waals surface area contributed by atoms with E-state index < -0.39 is 0 Å². The molecular formula is C31H32N2OS2. The number of rotatable bonds is 5. The van der Waals surface area contributed by atoms with E-state index in [0.29, 0.717) is 17.8 Å². The smallest absolute Gasteiger partial charge is 0.254 e. The van der Waals surface area contributed by atoms with E-state index >= 15 is 0 Å². The van der Waals surface area contributed by atoms with Gasteiger partial charge in [-0.2, -0.15) is 11.3 Å². The molecule has 2 saturated heterocycles. The second kappa shape index (κ2) is 10.4. The van der Waals surface area contributed by atoms with Crippen LogP contribution in [0.5, 0.6) is 0 Å². The van der Waals surface area contributed by atoms with Gasteiger partial charge in [-0.25, -0.2) is 0 Å². The van der Waals surface area contributed by atoms with Gasteiger partial charge in [0.2, 0.25) is 0 Å². The van der Waals surface area contributed by atoms with Gasteiger partial charge in [0.05, 0.1) is 0 Å². The van der Waals surface area contributed by atoms with Crippen LogP contribution in [0.1, 0.15) is 46.2 Å². The van der Waals surface area contributed by atoms with Gasteiger partial charge in [-0.15, -0.1) is 12.6 Å². The van der Waals surface area contributed by atoms with E-state index in [1.807, 2.05) is 24.3 Å². The molecule has 0 saturated carbocycles. The van der Waals surface area contributed by atoms with E-state index in [-0.39, 0.29) is 5.91 Å². The molecule has 0 aliphatic carbocycles. The van der Waals surface area contributed by atoms with E-state index in [0.717, 1.165) is 54.0 Å². The Morgan fingerprint density at radius 3 is 2.53 bits per heavy atom. The fourth-order valence-electron chi connectivity index (χ4n) is 6.23. The second-order valence-electron chi connectivity index (χ2n) is 10.3. The average Bonchev–Trinajstić information content (AvgIpc) is 3.59. The maximum atomic E-state index is 13.7. The van der Waals surface area contributed by atoms with E-state index in [4.69, 9.17) is 0 Å². The first kappa shape index (κ1) is 23.8. The normalized spacial score (nSPS) is 21.3. The van der Waals surface area contributed by atoms with Crippen molar-refractivity contribution in [2.24, 2.45) is 5.92 Å². The Kier molecular flexibility index (Phi) is 6.87. The first-order chi connectivity index (χ1) is 17.7. The quantitative estimate of drug-likeness (QED) is 0.293. The van der Waals surface area contributed by atoms with Crippen molar-refractivity contribution in [1.29, 1.82) is 0 Å². The molecule has 2 aliphatic heterocycles. The lowest BCUT2D eigenvalue weighted by Crippen LogP contribution is -2.38. The van der Waals surface area contributed by atoms with Gasteiger partial charge in [0.25, 0.3) is 5.91 Å². The van der Waals surface area contributed by atoms with Crippen LogP contribution in [-0.2, 0) is 0 Å². The minimum absolute atomic E-state index is 0.167. The minimum Gasteiger partial charge on any atom is -0.338 e. The van der Waals surface area contributed by atoms with Crippen LogP contribution in [0, 0.1) is 5.92 Å². The molecule has 2 atom stereocenters. The fraction of sp³-hybridized carbons (Fsp3) is 0.323. The van der Waals surface area contributed by atoms with E-state index in [1.54, 1.807) is 11.3 Å². The predicted molar refractivity (Wildman–Crippen MR) is 153 cm³/mol. The largest absolute Gasteiger partial charge is 0.338 e. The molecular weight excluding hydrogens is 480 g/mol. The number of piperidine rings is 1. The van der Waals surface area contributed by atoms with E-state index in [1.165, 1.54) is 24.0 Å². The molecule has 2 fully saturated rings. The Hall–Kier alpha value is -2.60. The first-order valence-corrected chi connectivity index (χ1v) is 14.3. The number of thiophene rings is 1. The lowest BCUT2D eigenvalue weighted by atomic mass is 9.87. The number of hydrogen-bond acceptors (Lipinski definition) is 4. The molecule has 6 rings (SSSR count). The van der Waals surface area contributed by atoms with Crippen molar-refractivity contribution in [2.75, 3.05) is 32.7 Å². The van der Waals surface area contributed by atoms with Crippen LogP contribution in [0.25, 0.3) is 10.8 Å². The minimum atomic E-state index is 0.167. The summed E-state index contributed by atoms with van der Waals surface area (Å²) in [6.07, 6.45) is 2.37. The summed E-state index contributed by atoms with van der Waals surface area (Å²) in [5.41, 5.74) is 3.63. The van der Waals surface area contributed by atoms with Crippen molar-refractivity contribution >= 4 is 40.6 Å². The highest BCUT2D eigenvalue weighted by molar-refractivity contribution is 7.80. The van der Waals surface area contributed by atoms with E-state index in [2.05, 4.69) is 81.7 Å². The topological polar surface area (TPSA) is 23.6 Å². The number of fused-ring (bicyclic) bond motifs is 1. The molecule has 0 radical (unpaired) electrons. The molecule has 0 spiro atoms. The van der Waals surface area contributed by atoms with Crippen LogP contribution in [0.15, 0.2) is 88.5 Å².